The first kappa shape index (κ1) is 13.7. The van der Waals surface area contributed by atoms with Gasteiger partial charge in [-0.05, 0) is 26.2 Å². The molecular weight excluding hydrogens is 244 g/mol. The molecule has 5 heteroatoms. The highest BCUT2D eigenvalue weighted by Crippen LogP contribution is 2.22. The third-order valence-corrected chi connectivity index (χ3v) is 4.20. The van der Waals surface area contributed by atoms with Crippen molar-refractivity contribution < 1.29 is 0 Å². The van der Waals surface area contributed by atoms with Crippen LogP contribution in [0.4, 0.5) is 5.13 Å². The molecule has 102 valence electrons. The average Bonchev–Trinajstić information content (AvgIpc) is 2.88. The molecule has 1 atom stereocenters. The lowest BCUT2D eigenvalue weighted by atomic mass is 10.1. The van der Waals surface area contributed by atoms with E-state index in [9.17, 15) is 0 Å². The van der Waals surface area contributed by atoms with Crippen LogP contribution < -0.4 is 5.32 Å². The third kappa shape index (κ3) is 3.65. The molecule has 1 aliphatic heterocycles. The molecule has 0 radical (unpaired) electrons. The van der Waals surface area contributed by atoms with Crippen LogP contribution >= 0.6 is 11.3 Å². The summed E-state index contributed by atoms with van der Waals surface area (Å²) in [5.41, 5.74) is 0. The van der Waals surface area contributed by atoms with E-state index in [-0.39, 0.29) is 0 Å². The summed E-state index contributed by atoms with van der Waals surface area (Å²) in [4.78, 5) is 2.51. The zero-order valence-electron chi connectivity index (χ0n) is 11.8. The maximum atomic E-state index is 4.24. The molecular formula is C13H24N4S. The normalized spacial score (nSPS) is 21.1. The molecule has 2 rings (SSSR count). The summed E-state index contributed by atoms with van der Waals surface area (Å²) < 4.78 is 0. The Hall–Kier alpha value is -0.680. The highest BCUT2D eigenvalue weighted by molar-refractivity contribution is 7.15. The van der Waals surface area contributed by atoms with Crippen LogP contribution in [0, 0.1) is 5.92 Å². The molecule has 0 aliphatic carbocycles. The standard InChI is InChI=1S/C13H24N4S/c1-9(2)7-12-15-16-13(18-12)14-11-5-6-17(8-11)10(3)4/h9-11H,5-8H2,1-4H3,(H,14,16). The number of hydrogen-bond acceptors (Lipinski definition) is 5. The zero-order chi connectivity index (χ0) is 13.1. The first-order chi connectivity index (χ1) is 8.54. The van der Waals surface area contributed by atoms with Gasteiger partial charge < -0.3 is 5.32 Å². The van der Waals surface area contributed by atoms with Crippen molar-refractivity contribution in [2.24, 2.45) is 5.92 Å². The topological polar surface area (TPSA) is 41.1 Å². The second-order valence-electron chi connectivity index (χ2n) is 5.82. The molecule has 1 fully saturated rings. The van der Waals surface area contributed by atoms with Gasteiger partial charge >= 0.3 is 0 Å². The minimum absolute atomic E-state index is 0.534. The number of nitrogens with one attached hydrogen (secondary N) is 1. The van der Waals surface area contributed by atoms with Crippen molar-refractivity contribution in [3.05, 3.63) is 5.01 Å². The van der Waals surface area contributed by atoms with E-state index in [0.29, 0.717) is 18.0 Å². The maximum Gasteiger partial charge on any atom is 0.205 e. The van der Waals surface area contributed by atoms with Crippen LogP contribution in [0.15, 0.2) is 0 Å². The van der Waals surface area contributed by atoms with Gasteiger partial charge in [0, 0.05) is 31.6 Å². The molecule has 0 spiro atoms. The van der Waals surface area contributed by atoms with Gasteiger partial charge in [0.1, 0.15) is 5.01 Å². The first-order valence-corrected chi connectivity index (χ1v) is 7.69. The molecule has 1 saturated heterocycles. The van der Waals surface area contributed by atoms with Crippen LogP contribution in [-0.4, -0.2) is 40.3 Å². The van der Waals surface area contributed by atoms with E-state index >= 15 is 0 Å². The number of likely N-dealkylation sites (tertiary alicyclic amines) is 1. The van der Waals surface area contributed by atoms with Gasteiger partial charge in [-0.1, -0.05) is 25.2 Å². The fourth-order valence-electron chi connectivity index (χ4n) is 2.29. The van der Waals surface area contributed by atoms with Gasteiger partial charge in [-0.2, -0.15) is 0 Å². The molecule has 1 N–H and O–H groups in total. The highest BCUT2D eigenvalue weighted by atomic mass is 32.1. The number of hydrogen-bond donors (Lipinski definition) is 1. The lowest BCUT2D eigenvalue weighted by molar-refractivity contribution is 0.274. The second-order valence-corrected chi connectivity index (χ2v) is 6.88. The highest BCUT2D eigenvalue weighted by Gasteiger charge is 2.24. The molecule has 4 nitrogen and oxygen atoms in total. The Bertz CT molecular complexity index is 375. The number of aromatic nitrogens is 2. The zero-order valence-corrected chi connectivity index (χ0v) is 12.6. The van der Waals surface area contributed by atoms with Crippen molar-refractivity contribution in [2.45, 2.75) is 52.6 Å². The second kappa shape index (κ2) is 5.97. The Morgan fingerprint density at radius 3 is 2.72 bits per heavy atom. The van der Waals surface area contributed by atoms with E-state index in [0.717, 1.165) is 23.1 Å². The van der Waals surface area contributed by atoms with Gasteiger partial charge in [0.05, 0.1) is 0 Å². The summed E-state index contributed by atoms with van der Waals surface area (Å²) in [6, 6.07) is 1.18. The number of nitrogens with zero attached hydrogens (tertiary/aromatic N) is 3. The van der Waals surface area contributed by atoms with Gasteiger partial charge in [-0.25, -0.2) is 0 Å². The Morgan fingerprint density at radius 1 is 1.33 bits per heavy atom. The summed E-state index contributed by atoms with van der Waals surface area (Å²) in [6.45, 7) is 11.3. The Kier molecular flexibility index (Phi) is 4.56. The van der Waals surface area contributed by atoms with E-state index in [2.05, 4.69) is 48.1 Å². The fraction of sp³-hybridized carbons (Fsp3) is 0.846. The van der Waals surface area contributed by atoms with Crippen molar-refractivity contribution in [1.82, 2.24) is 15.1 Å². The minimum Gasteiger partial charge on any atom is -0.356 e. The third-order valence-electron chi connectivity index (χ3n) is 3.33. The monoisotopic (exact) mass is 268 g/mol. The van der Waals surface area contributed by atoms with E-state index in [1.54, 1.807) is 11.3 Å². The van der Waals surface area contributed by atoms with Crippen molar-refractivity contribution in [3.63, 3.8) is 0 Å². The van der Waals surface area contributed by atoms with Gasteiger partial charge in [0.15, 0.2) is 0 Å². The summed E-state index contributed by atoms with van der Waals surface area (Å²) in [6.07, 6.45) is 2.24. The Labute approximate surface area is 114 Å². The van der Waals surface area contributed by atoms with Crippen molar-refractivity contribution in [2.75, 3.05) is 18.4 Å². The first-order valence-electron chi connectivity index (χ1n) is 6.87. The molecule has 1 aromatic rings. The van der Waals surface area contributed by atoms with Crippen LogP contribution in [0.5, 0.6) is 0 Å². The van der Waals surface area contributed by atoms with Crippen LogP contribution in [0.25, 0.3) is 0 Å². The van der Waals surface area contributed by atoms with E-state index in [1.807, 2.05) is 0 Å². The summed E-state index contributed by atoms with van der Waals surface area (Å²) in [5, 5.41) is 14.1. The molecule has 1 unspecified atom stereocenters. The smallest absolute Gasteiger partial charge is 0.205 e. The van der Waals surface area contributed by atoms with E-state index in [4.69, 9.17) is 0 Å². The summed E-state index contributed by atoms with van der Waals surface area (Å²) >= 11 is 1.71. The van der Waals surface area contributed by atoms with Crippen LogP contribution in [0.2, 0.25) is 0 Å². The molecule has 1 aromatic heterocycles. The molecule has 1 aliphatic rings. The van der Waals surface area contributed by atoms with Crippen LogP contribution in [0.1, 0.15) is 39.1 Å². The molecule has 0 aromatic carbocycles. The summed E-state index contributed by atoms with van der Waals surface area (Å²) in [5.74, 6) is 0.647. The fourth-order valence-corrected chi connectivity index (χ4v) is 3.32. The van der Waals surface area contributed by atoms with Crippen LogP contribution in [0.3, 0.4) is 0 Å². The molecule has 0 bridgehead atoms. The van der Waals surface area contributed by atoms with E-state index < -0.39 is 0 Å². The predicted octanol–water partition coefficient (Wildman–Crippen LogP) is 2.63. The molecule has 2 heterocycles. The predicted molar refractivity (Wildman–Crippen MR) is 77.2 cm³/mol. The number of rotatable bonds is 5. The van der Waals surface area contributed by atoms with Crippen molar-refractivity contribution in [1.29, 1.82) is 0 Å². The van der Waals surface area contributed by atoms with Crippen LogP contribution in [-0.2, 0) is 6.42 Å². The SMILES string of the molecule is CC(C)Cc1nnc(NC2CCN(C(C)C)C2)s1. The maximum absolute atomic E-state index is 4.24. The van der Waals surface area contributed by atoms with E-state index in [1.165, 1.54) is 13.0 Å². The lowest BCUT2D eigenvalue weighted by Gasteiger charge is -2.20. The van der Waals surface area contributed by atoms with Gasteiger partial charge in [-0.3, -0.25) is 4.90 Å². The Balaban J connectivity index is 1.85. The minimum atomic E-state index is 0.534. The van der Waals surface area contributed by atoms with Gasteiger partial charge in [0.2, 0.25) is 5.13 Å². The summed E-state index contributed by atoms with van der Waals surface area (Å²) in [7, 11) is 0. The number of anilines is 1. The Morgan fingerprint density at radius 2 is 2.11 bits per heavy atom. The van der Waals surface area contributed by atoms with Crippen molar-refractivity contribution in [3.8, 4) is 0 Å². The lowest BCUT2D eigenvalue weighted by Crippen LogP contribution is -2.31. The molecule has 18 heavy (non-hydrogen) atoms. The van der Waals surface area contributed by atoms with Gasteiger partial charge in [-0.15, -0.1) is 10.2 Å². The average molecular weight is 268 g/mol. The van der Waals surface area contributed by atoms with Crippen molar-refractivity contribution >= 4 is 16.5 Å². The molecule has 0 amide bonds. The quantitative estimate of drug-likeness (QED) is 0.891. The van der Waals surface area contributed by atoms with Gasteiger partial charge in [0.25, 0.3) is 0 Å². The largest absolute Gasteiger partial charge is 0.356 e. The molecule has 0 saturated carbocycles.